The molecule has 1 aliphatic heterocycles. The zero-order chi connectivity index (χ0) is 19.0. The van der Waals surface area contributed by atoms with Crippen LogP contribution in [0.3, 0.4) is 0 Å². The molecule has 0 aliphatic carbocycles. The van der Waals surface area contributed by atoms with Crippen molar-refractivity contribution in [3.05, 3.63) is 47.7 Å². The molecule has 0 radical (unpaired) electrons. The van der Waals surface area contributed by atoms with E-state index < -0.39 is 0 Å². The average Bonchev–Trinajstić information content (AvgIpc) is 3.07. The zero-order valence-electron chi connectivity index (χ0n) is 15.1. The predicted molar refractivity (Wildman–Crippen MR) is 103 cm³/mol. The number of hydrogen-bond donors (Lipinski definition) is 3. The van der Waals surface area contributed by atoms with Gasteiger partial charge in [0.15, 0.2) is 5.82 Å². The molecule has 1 atom stereocenters. The van der Waals surface area contributed by atoms with E-state index in [0.29, 0.717) is 24.6 Å². The van der Waals surface area contributed by atoms with Gasteiger partial charge in [0.05, 0.1) is 22.6 Å². The maximum absolute atomic E-state index is 12.4. The molecule has 27 heavy (non-hydrogen) atoms. The number of rotatable bonds is 3. The fourth-order valence-electron chi connectivity index (χ4n) is 3.35. The van der Waals surface area contributed by atoms with E-state index >= 15 is 0 Å². The van der Waals surface area contributed by atoms with Crippen molar-refractivity contribution in [3.63, 3.8) is 0 Å². The van der Waals surface area contributed by atoms with Gasteiger partial charge < -0.3 is 5.32 Å². The molecule has 3 N–H and O–H groups in total. The number of aromatic amines is 1. The fourth-order valence-corrected chi connectivity index (χ4v) is 3.35. The first-order valence-corrected chi connectivity index (χ1v) is 8.81. The second-order valence-corrected chi connectivity index (χ2v) is 6.58. The van der Waals surface area contributed by atoms with E-state index in [-0.39, 0.29) is 18.0 Å². The Morgan fingerprint density at radius 2 is 2.04 bits per heavy atom. The maximum Gasteiger partial charge on any atom is 0.320 e. The van der Waals surface area contributed by atoms with Gasteiger partial charge in [0.25, 0.3) is 0 Å². The number of carbonyl (C=O) groups is 2. The van der Waals surface area contributed by atoms with E-state index in [0.717, 1.165) is 22.2 Å². The van der Waals surface area contributed by atoms with Crippen molar-refractivity contribution in [1.82, 2.24) is 20.5 Å². The Hall–Kier alpha value is -3.42. The van der Waals surface area contributed by atoms with Crippen LogP contribution in [0, 0.1) is 0 Å². The van der Waals surface area contributed by atoms with Gasteiger partial charge in [-0.3, -0.25) is 20.1 Å². The van der Waals surface area contributed by atoms with E-state index in [1.807, 2.05) is 37.3 Å². The van der Waals surface area contributed by atoms with Crippen LogP contribution in [-0.4, -0.2) is 33.7 Å². The number of benzene rings is 1. The van der Waals surface area contributed by atoms with Gasteiger partial charge in [0.2, 0.25) is 5.91 Å². The third-order valence-corrected chi connectivity index (χ3v) is 4.70. The van der Waals surface area contributed by atoms with Crippen LogP contribution in [-0.2, 0) is 11.2 Å². The number of urea groups is 1. The van der Waals surface area contributed by atoms with Crippen LogP contribution in [0.1, 0.15) is 31.1 Å². The molecule has 3 heterocycles. The van der Waals surface area contributed by atoms with Gasteiger partial charge in [-0.1, -0.05) is 30.3 Å². The predicted octanol–water partition coefficient (Wildman–Crippen LogP) is 2.75. The lowest BCUT2D eigenvalue weighted by Gasteiger charge is -2.23. The highest BCUT2D eigenvalue weighted by Gasteiger charge is 2.26. The quantitative estimate of drug-likeness (QED) is 0.665. The first-order chi connectivity index (χ1) is 13.0. The summed E-state index contributed by atoms with van der Waals surface area (Å²) in [5.74, 6) is 0.993. The number of amides is 3. The second-order valence-electron chi connectivity index (χ2n) is 6.58. The van der Waals surface area contributed by atoms with Gasteiger partial charge >= 0.3 is 6.03 Å². The minimum absolute atomic E-state index is 0.0504. The van der Waals surface area contributed by atoms with Crippen LogP contribution in [0.5, 0.6) is 0 Å². The van der Waals surface area contributed by atoms with Crippen molar-refractivity contribution in [2.75, 3.05) is 16.8 Å². The summed E-state index contributed by atoms with van der Waals surface area (Å²) >= 11 is 0. The summed E-state index contributed by atoms with van der Waals surface area (Å²) in [5, 5.41) is 13.7. The Balaban J connectivity index is 1.54. The van der Waals surface area contributed by atoms with Gasteiger partial charge in [-0.05, 0) is 12.5 Å². The molecule has 1 unspecified atom stereocenters. The molecular formula is C19H20N6O2. The molecular weight excluding hydrogens is 344 g/mol. The molecule has 138 valence electrons. The van der Waals surface area contributed by atoms with Gasteiger partial charge in [-0.2, -0.15) is 5.10 Å². The largest absolute Gasteiger partial charge is 0.331 e. The molecule has 0 fully saturated rings. The Bertz CT molecular complexity index is 1010. The average molecular weight is 364 g/mol. The minimum Gasteiger partial charge on any atom is -0.331 e. The van der Waals surface area contributed by atoms with E-state index in [1.54, 1.807) is 11.0 Å². The van der Waals surface area contributed by atoms with E-state index in [4.69, 9.17) is 0 Å². The molecule has 0 spiro atoms. The summed E-state index contributed by atoms with van der Waals surface area (Å²) in [6.07, 6.45) is 0.611. The van der Waals surface area contributed by atoms with Crippen molar-refractivity contribution in [3.8, 4) is 0 Å². The lowest BCUT2D eigenvalue weighted by Crippen LogP contribution is -2.34. The molecule has 0 bridgehead atoms. The summed E-state index contributed by atoms with van der Waals surface area (Å²) in [6, 6.07) is 11.0. The minimum atomic E-state index is -0.327. The lowest BCUT2D eigenvalue weighted by atomic mass is 10.1. The highest BCUT2D eigenvalue weighted by molar-refractivity contribution is 6.03. The Kier molecular flexibility index (Phi) is 4.23. The Morgan fingerprint density at radius 1 is 1.26 bits per heavy atom. The molecule has 1 aromatic carbocycles. The van der Waals surface area contributed by atoms with Crippen molar-refractivity contribution >= 4 is 34.5 Å². The van der Waals surface area contributed by atoms with Gasteiger partial charge in [-0.25, -0.2) is 9.78 Å². The smallest absolute Gasteiger partial charge is 0.320 e. The van der Waals surface area contributed by atoms with Crippen LogP contribution in [0.2, 0.25) is 0 Å². The van der Waals surface area contributed by atoms with Crippen molar-refractivity contribution in [2.45, 2.75) is 26.3 Å². The van der Waals surface area contributed by atoms with Gasteiger partial charge in [-0.15, -0.1) is 0 Å². The third kappa shape index (κ3) is 3.21. The van der Waals surface area contributed by atoms with Crippen LogP contribution < -0.4 is 15.5 Å². The van der Waals surface area contributed by atoms with E-state index in [1.165, 1.54) is 6.92 Å². The van der Waals surface area contributed by atoms with Gasteiger partial charge in [0.1, 0.15) is 5.82 Å². The summed E-state index contributed by atoms with van der Waals surface area (Å²) in [4.78, 5) is 30.3. The van der Waals surface area contributed by atoms with E-state index in [9.17, 15) is 9.59 Å². The first-order valence-electron chi connectivity index (χ1n) is 8.81. The number of nitrogens with zero attached hydrogens (tertiary/aromatic N) is 3. The summed E-state index contributed by atoms with van der Waals surface area (Å²) < 4.78 is 0. The molecule has 8 nitrogen and oxygen atoms in total. The number of aromatic nitrogens is 3. The number of carbonyl (C=O) groups excluding carboxylic acids is 2. The van der Waals surface area contributed by atoms with Crippen molar-refractivity contribution in [1.29, 1.82) is 0 Å². The number of nitrogens with one attached hydrogen (secondary N) is 3. The zero-order valence-corrected chi connectivity index (χ0v) is 15.1. The third-order valence-electron chi connectivity index (χ3n) is 4.70. The molecule has 3 aromatic rings. The van der Waals surface area contributed by atoms with Gasteiger partial charge in [0, 0.05) is 26.0 Å². The first kappa shape index (κ1) is 17.0. The molecule has 2 aromatic heterocycles. The standard InChI is InChI=1S/C19H20N6O2/c1-11(13-6-4-3-5-7-13)20-19(27)22-16-10-15-17-14(21-16)8-9-25(12(2)26)18(17)24-23-15/h3-7,10-11H,8-9H2,1-2H3,(H,23,24)(H2,20,21,22,27). The van der Waals surface area contributed by atoms with Crippen LogP contribution in [0.25, 0.3) is 10.9 Å². The van der Waals surface area contributed by atoms with Crippen molar-refractivity contribution in [2.24, 2.45) is 0 Å². The number of hydrogen-bond acceptors (Lipinski definition) is 4. The molecule has 0 saturated heterocycles. The molecule has 1 aliphatic rings. The summed E-state index contributed by atoms with van der Waals surface area (Å²) in [6.45, 7) is 3.97. The SMILES string of the molecule is CC(=O)N1CCc2nc(NC(=O)NC(C)c3ccccc3)cc3[nH]nc1c23. The number of pyridine rings is 1. The Labute approximate surface area is 156 Å². The monoisotopic (exact) mass is 364 g/mol. The topological polar surface area (TPSA) is 103 Å². The highest BCUT2D eigenvalue weighted by atomic mass is 16.2. The normalized spacial score (nSPS) is 14.1. The molecule has 8 heteroatoms. The van der Waals surface area contributed by atoms with Crippen LogP contribution >= 0.6 is 0 Å². The van der Waals surface area contributed by atoms with Crippen LogP contribution in [0.15, 0.2) is 36.4 Å². The molecule has 3 amide bonds. The summed E-state index contributed by atoms with van der Waals surface area (Å²) in [7, 11) is 0. The number of H-pyrrole nitrogens is 1. The molecule has 0 saturated carbocycles. The summed E-state index contributed by atoms with van der Waals surface area (Å²) in [5.41, 5.74) is 2.58. The lowest BCUT2D eigenvalue weighted by molar-refractivity contribution is -0.116. The molecule has 4 rings (SSSR count). The fraction of sp³-hybridized carbons (Fsp3) is 0.263. The highest BCUT2D eigenvalue weighted by Crippen LogP contribution is 2.32. The Morgan fingerprint density at radius 3 is 2.78 bits per heavy atom. The van der Waals surface area contributed by atoms with Crippen LogP contribution in [0.4, 0.5) is 16.4 Å². The van der Waals surface area contributed by atoms with Crippen molar-refractivity contribution < 1.29 is 9.59 Å². The number of anilines is 2. The maximum atomic E-state index is 12.4. The van der Waals surface area contributed by atoms with E-state index in [2.05, 4.69) is 25.8 Å². The second kappa shape index (κ2) is 6.71.